The number of hydrogen-bond acceptors (Lipinski definition) is 11. The number of aliphatic hydroxyl groups excluding tert-OH is 2. The maximum absolute atomic E-state index is 10.9. The first-order valence-corrected chi connectivity index (χ1v) is 11.7. The number of rotatable bonds is 6. The summed E-state index contributed by atoms with van der Waals surface area (Å²) >= 11 is 14.6. The molecule has 0 radical (unpaired) electrons. The molecular weight excluding hydrogens is 499 g/mol. The van der Waals surface area contributed by atoms with Crippen LogP contribution in [0.4, 0.5) is 0 Å². The van der Waals surface area contributed by atoms with Crippen molar-refractivity contribution < 1.29 is 19.7 Å². The lowest BCUT2D eigenvalue weighted by Crippen LogP contribution is -2.55. The fourth-order valence-electron chi connectivity index (χ4n) is 3.30. The van der Waals surface area contributed by atoms with Gasteiger partial charge < -0.3 is 19.7 Å². The van der Waals surface area contributed by atoms with E-state index < -0.39 is 36.4 Å². The summed E-state index contributed by atoms with van der Waals surface area (Å²) in [7, 11) is 1.49. The van der Waals surface area contributed by atoms with Gasteiger partial charge in [0.25, 0.3) is 0 Å². The third-order valence-corrected chi connectivity index (χ3v) is 7.36. The first-order valence-electron chi connectivity index (χ1n) is 9.17. The Morgan fingerprint density at radius 3 is 2.88 bits per heavy atom. The Bertz CT molecular complexity index is 1140. The first-order chi connectivity index (χ1) is 15.4. The summed E-state index contributed by atoms with van der Waals surface area (Å²) in [6.07, 6.45) is 0.434. The largest absolute Gasteiger partial charge is 0.394 e. The minimum absolute atomic E-state index is 0.114. The van der Waals surface area contributed by atoms with E-state index in [9.17, 15) is 10.2 Å². The number of pyridine rings is 1. The van der Waals surface area contributed by atoms with Crippen molar-refractivity contribution in [2.45, 2.75) is 34.7 Å². The molecule has 1 fully saturated rings. The molecule has 0 aromatic carbocycles. The Labute approximate surface area is 200 Å². The lowest BCUT2D eigenvalue weighted by Gasteiger charge is -2.43. The fraction of sp³-hybridized carbons (Fsp3) is 0.389. The number of thioether (sulfide) groups is 1. The van der Waals surface area contributed by atoms with Crippen molar-refractivity contribution in [1.29, 1.82) is 5.26 Å². The van der Waals surface area contributed by atoms with Gasteiger partial charge in [-0.2, -0.15) is 5.26 Å². The van der Waals surface area contributed by atoms with Crippen LogP contribution >= 0.6 is 46.3 Å². The third kappa shape index (κ3) is 4.61. The Morgan fingerprint density at radius 2 is 2.25 bits per heavy atom. The lowest BCUT2D eigenvalue weighted by molar-refractivity contribution is -0.186. The van der Waals surface area contributed by atoms with Crippen molar-refractivity contribution in [3.8, 4) is 16.8 Å². The highest BCUT2D eigenvalue weighted by Gasteiger charge is 2.47. The van der Waals surface area contributed by atoms with Crippen LogP contribution < -0.4 is 0 Å². The first kappa shape index (κ1) is 23.3. The van der Waals surface area contributed by atoms with Gasteiger partial charge in [0.2, 0.25) is 0 Å². The Morgan fingerprint density at radius 1 is 1.44 bits per heavy atom. The highest BCUT2D eigenvalue weighted by molar-refractivity contribution is 7.99. The van der Waals surface area contributed by atoms with E-state index >= 15 is 0 Å². The van der Waals surface area contributed by atoms with Gasteiger partial charge in [0, 0.05) is 23.6 Å². The monoisotopic (exact) mass is 514 g/mol. The highest BCUT2D eigenvalue weighted by Crippen LogP contribution is 2.40. The molecule has 0 amide bonds. The molecule has 1 aliphatic rings. The Hall–Kier alpha value is -1.82. The Balaban J connectivity index is 1.64. The van der Waals surface area contributed by atoms with Crippen LogP contribution in [0.2, 0.25) is 10.2 Å². The summed E-state index contributed by atoms with van der Waals surface area (Å²) in [6.45, 7) is -0.415. The van der Waals surface area contributed by atoms with Gasteiger partial charge in [-0.05, 0) is 6.07 Å². The number of ether oxygens (including phenoxy) is 2. The summed E-state index contributed by atoms with van der Waals surface area (Å²) in [5, 5.41) is 40.8. The minimum atomic E-state index is -1.13. The van der Waals surface area contributed by atoms with E-state index in [2.05, 4.69) is 20.3 Å². The van der Waals surface area contributed by atoms with Gasteiger partial charge in [-0.25, -0.2) is 14.6 Å². The standard InChI is InChI=1S/C18H16Cl2N6O4S2/c1-29-16-14(26-5-11(24-25-26)17-23-13(20)7-31-17)15(28)12(6-27)30-18(16)32-8-2-9(19)10(3-21)22-4-8/h2,4-5,7,12,14-16,18,27-28H,6H2,1H3/t12?,14?,15-,16?,18+/m0/s1. The molecule has 1 aliphatic heterocycles. The molecule has 3 unspecified atom stereocenters. The maximum atomic E-state index is 10.9. The van der Waals surface area contributed by atoms with Crippen LogP contribution in [0, 0.1) is 11.3 Å². The SMILES string of the molecule is COC1C(n2cc(-c3nc(Cl)cs3)nn2)[C@@H](O)C(CO)O[C@@H]1Sc1cnc(C#N)c(Cl)c1. The van der Waals surface area contributed by atoms with Crippen LogP contribution in [0.15, 0.2) is 28.7 Å². The summed E-state index contributed by atoms with van der Waals surface area (Å²) in [6, 6.07) is 2.79. The van der Waals surface area contributed by atoms with Crippen LogP contribution in [0.5, 0.6) is 0 Å². The molecule has 168 valence electrons. The average molecular weight is 515 g/mol. The van der Waals surface area contributed by atoms with Gasteiger partial charge in [0.05, 0.1) is 17.8 Å². The fourth-order valence-corrected chi connectivity index (χ4v) is 5.64. The van der Waals surface area contributed by atoms with Crippen molar-refractivity contribution in [1.82, 2.24) is 25.0 Å². The molecule has 0 bridgehead atoms. The predicted molar refractivity (Wildman–Crippen MR) is 118 cm³/mol. The molecule has 0 spiro atoms. The third-order valence-electron chi connectivity index (χ3n) is 4.78. The molecule has 3 aromatic rings. The number of hydrogen-bond donors (Lipinski definition) is 2. The molecule has 14 heteroatoms. The number of methoxy groups -OCH3 is 1. The van der Waals surface area contributed by atoms with Crippen molar-refractivity contribution in [2.24, 2.45) is 0 Å². The number of halogens is 2. The lowest BCUT2D eigenvalue weighted by atomic mass is 9.97. The molecular formula is C18H16Cl2N6O4S2. The molecule has 5 atom stereocenters. The predicted octanol–water partition coefficient (Wildman–Crippen LogP) is 2.40. The van der Waals surface area contributed by atoms with Gasteiger partial charge in [0.1, 0.15) is 51.7 Å². The second-order valence-corrected chi connectivity index (χ2v) is 9.52. The van der Waals surface area contributed by atoms with Gasteiger partial charge in [0.15, 0.2) is 5.69 Å². The second-order valence-electron chi connectivity index (χ2n) is 6.70. The van der Waals surface area contributed by atoms with Crippen molar-refractivity contribution in [3.05, 3.63) is 39.7 Å². The zero-order valence-corrected chi connectivity index (χ0v) is 19.5. The smallest absolute Gasteiger partial charge is 0.159 e. The van der Waals surface area contributed by atoms with Gasteiger partial charge in [-0.3, -0.25) is 0 Å². The summed E-state index contributed by atoms with van der Waals surface area (Å²) in [4.78, 5) is 8.84. The zero-order valence-electron chi connectivity index (χ0n) is 16.4. The van der Waals surface area contributed by atoms with Crippen molar-refractivity contribution >= 4 is 46.3 Å². The normalized spacial score (nSPS) is 25.6. The van der Waals surface area contributed by atoms with E-state index in [4.69, 9.17) is 37.9 Å². The van der Waals surface area contributed by atoms with E-state index in [1.54, 1.807) is 17.6 Å². The van der Waals surface area contributed by atoms with Crippen LogP contribution in [0.3, 0.4) is 0 Å². The van der Waals surface area contributed by atoms with E-state index in [0.717, 1.165) is 0 Å². The molecule has 0 aliphatic carbocycles. The molecule has 10 nitrogen and oxygen atoms in total. The summed E-state index contributed by atoms with van der Waals surface area (Å²) in [5.74, 6) is 0. The molecule has 3 aromatic heterocycles. The van der Waals surface area contributed by atoms with E-state index in [-0.39, 0.29) is 10.7 Å². The number of aromatic nitrogens is 5. The quantitative estimate of drug-likeness (QED) is 0.503. The maximum Gasteiger partial charge on any atom is 0.159 e. The van der Waals surface area contributed by atoms with Crippen LogP contribution in [-0.4, -0.2) is 72.6 Å². The minimum Gasteiger partial charge on any atom is -0.394 e. The van der Waals surface area contributed by atoms with E-state index in [0.29, 0.717) is 20.8 Å². The molecule has 4 rings (SSSR count). The molecule has 32 heavy (non-hydrogen) atoms. The number of nitriles is 1. The highest BCUT2D eigenvalue weighted by atomic mass is 35.5. The molecule has 1 saturated heterocycles. The Kier molecular flexibility index (Phi) is 7.28. The number of aliphatic hydroxyl groups is 2. The second kappa shape index (κ2) is 9.98. The van der Waals surface area contributed by atoms with Crippen molar-refractivity contribution in [2.75, 3.05) is 13.7 Å². The topological polar surface area (TPSA) is 139 Å². The van der Waals surface area contributed by atoms with E-state index in [1.165, 1.54) is 41.1 Å². The van der Waals surface area contributed by atoms with Gasteiger partial charge in [-0.15, -0.1) is 16.4 Å². The molecule has 2 N–H and O–H groups in total. The van der Waals surface area contributed by atoms with Crippen LogP contribution in [0.1, 0.15) is 11.7 Å². The van der Waals surface area contributed by atoms with E-state index in [1.807, 2.05) is 6.07 Å². The number of nitrogens with zero attached hydrogens (tertiary/aromatic N) is 6. The molecule has 4 heterocycles. The average Bonchev–Trinajstić information content (AvgIpc) is 3.43. The van der Waals surface area contributed by atoms with Crippen LogP contribution in [0.25, 0.3) is 10.7 Å². The van der Waals surface area contributed by atoms with Crippen molar-refractivity contribution in [3.63, 3.8) is 0 Å². The zero-order chi connectivity index (χ0) is 22.8. The van der Waals surface area contributed by atoms with Crippen LogP contribution in [-0.2, 0) is 9.47 Å². The summed E-state index contributed by atoms with van der Waals surface area (Å²) < 4.78 is 13.1. The summed E-state index contributed by atoms with van der Waals surface area (Å²) in [5.41, 5.74) is -0.0515. The molecule has 0 saturated carbocycles. The van der Waals surface area contributed by atoms with Gasteiger partial charge in [-0.1, -0.05) is 40.2 Å². The van der Waals surface area contributed by atoms with Gasteiger partial charge >= 0.3 is 0 Å². The number of thiazole rings is 1.